The molecule has 0 saturated heterocycles. The van der Waals surface area contributed by atoms with Crippen LogP contribution in [0.25, 0.3) is 16.6 Å². The number of hydrogen-bond donors (Lipinski definition) is 3. The Balaban J connectivity index is 2.32. The Bertz CT molecular complexity index is 1160. The zero-order valence-corrected chi connectivity index (χ0v) is 13.9. The Labute approximate surface area is 145 Å². The largest absolute Gasteiger partial charge is 0.524 e. The predicted molar refractivity (Wildman–Crippen MR) is 90.9 cm³/mol. The van der Waals surface area contributed by atoms with Gasteiger partial charge in [-0.3, -0.25) is 19.1 Å². The van der Waals surface area contributed by atoms with Crippen LogP contribution in [0.5, 0.6) is 5.75 Å². The quantitative estimate of drug-likeness (QED) is 0.575. The van der Waals surface area contributed by atoms with Crippen LogP contribution in [-0.4, -0.2) is 14.4 Å². The Morgan fingerprint density at radius 2 is 1.81 bits per heavy atom. The number of fused-ring (bicyclic) bond motifs is 1. The van der Waals surface area contributed by atoms with Crippen LogP contribution < -0.4 is 15.3 Å². The van der Waals surface area contributed by atoms with Crippen LogP contribution in [-0.2, 0) is 4.57 Å². The molecule has 3 aromatic rings. The fraction of sp³-hybridized carbons (Fsp3) is 0. The first kappa shape index (κ1) is 17.5. The molecule has 0 aliphatic carbocycles. The second-order valence-corrected chi connectivity index (χ2v) is 6.43. The van der Waals surface area contributed by atoms with E-state index < -0.39 is 13.4 Å². The first-order valence-electron chi connectivity index (χ1n) is 7.16. The summed E-state index contributed by atoms with van der Waals surface area (Å²) in [5.41, 5.74) is 0.212. The van der Waals surface area contributed by atoms with Crippen LogP contribution in [0.3, 0.4) is 0 Å². The third kappa shape index (κ3) is 3.38. The van der Waals surface area contributed by atoms with Crippen molar-refractivity contribution in [2.75, 3.05) is 0 Å². The topological polar surface area (TPSA) is 144 Å². The molecule has 0 bridgehead atoms. The molecule has 0 radical (unpaired) electrons. The second kappa shape index (κ2) is 6.54. The van der Waals surface area contributed by atoms with Gasteiger partial charge in [0.05, 0.1) is 5.52 Å². The van der Waals surface area contributed by atoms with Gasteiger partial charge in [-0.15, -0.1) is 0 Å². The van der Waals surface area contributed by atoms with E-state index in [4.69, 9.17) is 9.79 Å². The van der Waals surface area contributed by atoms with Gasteiger partial charge in [0.1, 0.15) is 17.4 Å². The van der Waals surface area contributed by atoms with Gasteiger partial charge in [0.15, 0.2) is 0 Å². The molecule has 0 amide bonds. The maximum Gasteiger partial charge on any atom is 0.524 e. The van der Waals surface area contributed by atoms with Gasteiger partial charge >= 0.3 is 7.82 Å². The maximum absolute atomic E-state index is 12.6. The minimum atomic E-state index is -4.77. The Hall–Kier alpha value is -3.31. The van der Waals surface area contributed by atoms with E-state index in [-0.39, 0.29) is 22.5 Å². The molecular formula is C16H11N3O6P+. The molecule has 1 heterocycles. The summed E-state index contributed by atoms with van der Waals surface area (Å²) in [6.07, 6.45) is 0. The van der Waals surface area contributed by atoms with E-state index in [1.165, 1.54) is 53.1 Å². The number of rotatable bonds is 4. The standard InChI is InChI=1S/C16H10N3O6P/c17-9-11-7-10-1-6-14(25-26(22,23)24)8-15(10)19(16(11)20)13-4-2-12(18-21)3-5-13/h1-8H,(H2,22,23,24)/p+1. The van der Waals surface area contributed by atoms with Gasteiger partial charge in [-0.25, -0.2) is 4.57 Å². The van der Waals surface area contributed by atoms with Crippen molar-refractivity contribution in [2.45, 2.75) is 0 Å². The van der Waals surface area contributed by atoms with E-state index >= 15 is 0 Å². The molecule has 9 nitrogen and oxygen atoms in total. The summed E-state index contributed by atoms with van der Waals surface area (Å²) in [5, 5.41) is 11.4. The highest BCUT2D eigenvalue weighted by Gasteiger charge is 2.18. The smallest absolute Gasteiger partial charge is 0.404 e. The molecule has 3 rings (SSSR count). The van der Waals surface area contributed by atoms with E-state index in [0.717, 1.165) is 0 Å². The van der Waals surface area contributed by atoms with Crippen molar-refractivity contribution in [3.05, 3.63) is 69.4 Å². The number of benzene rings is 2. The Kier molecular flexibility index (Phi) is 4.40. The third-order valence-electron chi connectivity index (χ3n) is 3.56. The first-order chi connectivity index (χ1) is 12.3. The normalized spacial score (nSPS) is 11.1. The number of nitroso groups, excluding NO2 is 1. The van der Waals surface area contributed by atoms with E-state index in [9.17, 15) is 19.5 Å². The number of pyridine rings is 1. The second-order valence-electron chi connectivity index (χ2n) is 5.26. The third-order valence-corrected chi connectivity index (χ3v) is 4.01. The lowest BCUT2D eigenvalue weighted by atomic mass is 10.1. The van der Waals surface area contributed by atoms with Crippen LogP contribution in [0, 0.1) is 16.2 Å². The van der Waals surface area contributed by atoms with Gasteiger partial charge in [0, 0.05) is 39.4 Å². The summed E-state index contributed by atoms with van der Waals surface area (Å²) < 4.78 is 16.8. The maximum atomic E-state index is 12.6. The lowest BCUT2D eigenvalue weighted by Crippen LogP contribution is -2.55. The highest BCUT2D eigenvalue weighted by atomic mass is 31.2. The lowest BCUT2D eigenvalue weighted by Gasteiger charge is -2.13. The van der Waals surface area contributed by atoms with Crippen LogP contribution >= 0.6 is 7.82 Å². The minimum Gasteiger partial charge on any atom is -0.404 e. The SMILES string of the molecule is N#Cc1cc2ccc(OP(=O)(O)O)cc2n(-c2ccc([NH+]=O)cc2)c1=O. The Morgan fingerprint density at radius 3 is 2.38 bits per heavy atom. The van der Waals surface area contributed by atoms with E-state index in [1.807, 2.05) is 6.07 Å². The summed E-state index contributed by atoms with van der Waals surface area (Å²) >= 11 is 0. The molecular weight excluding hydrogens is 361 g/mol. The number of aromatic nitrogens is 1. The van der Waals surface area contributed by atoms with Gasteiger partial charge in [0.25, 0.3) is 11.2 Å². The van der Waals surface area contributed by atoms with Crippen LogP contribution in [0.2, 0.25) is 0 Å². The molecule has 10 heteroatoms. The molecule has 1 aromatic heterocycles. The monoisotopic (exact) mass is 372 g/mol. The Morgan fingerprint density at radius 1 is 1.12 bits per heavy atom. The molecule has 0 unspecified atom stereocenters. The van der Waals surface area contributed by atoms with Crippen molar-refractivity contribution >= 4 is 24.4 Å². The zero-order valence-electron chi connectivity index (χ0n) is 13.0. The molecule has 0 atom stereocenters. The van der Waals surface area contributed by atoms with Gasteiger partial charge in [-0.1, -0.05) is 0 Å². The van der Waals surface area contributed by atoms with Crippen LogP contribution in [0.1, 0.15) is 5.56 Å². The summed E-state index contributed by atoms with van der Waals surface area (Å²) in [7, 11) is -4.77. The summed E-state index contributed by atoms with van der Waals surface area (Å²) in [6.45, 7) is 0. The van der Waals surface area contributed by atoms with E-state index in [2.05, 4.69) is 4.52 Å². The molecule has 0 aliphatic heterocycles. The van der Waals surface area contributed by atoms with Gasteiger partial charge in [-0.05, 0) is 30.3 Å². The molecule has 0 saturated carbocycles. The van der Waals surface area contributed by atoms with Gasteiger partial charge < -0.3 is 4.52 Å². The van der Waals surface area contributed by atoms with E-state index in [0.29, 0.717) is 11.1 Å². The van der Waals surface area contributed by atoms with Gasteiger partial charge in [0.2, 0.25) is 0 Å². The fourth-order valence-electron chi connectivity index (χ4n) is 2.50. The summed E-state index contributed by atoms with van der Waals surface area (Å²) in [5.74, 6) is -0.137. The number of nitrogens with one attached hydrogen (secondary N) is 1. The number of phosphoric ester groups is 1. The molecule has 2 aromatic carbocycles. The van der Waals surface area contributed by atoms with Crippen molar-refractivity contribution in [1.29, 1.82) is 5.26 Å². The molecule has 0 fully saturated rings. The number of phosphoric acid groups is 1. The van der Waals surface area contributed by atoms with Crippen molar-refractivity contribution in [3.8, 4) is 17.5 Å². The summed E-state index contributed by atoms with van der Waals surface area (Å²) in [6, 6.07) is 13.2. The number of hydrogen-bond acceptors (Lipinski definition) is 5. The first-order valence-corrected chi connectivity index (χ1v) is 8.69. The highest BCUT2D eigenvalue weighted by Crippen LogP contribution is 2.38. The molecule has 130 valence electrons. The van der Waals surface area contributed by atoms with Crippen molar-refractivity contribution in [3.63, 3.8) is 0 Å². The van der Waals surface area contributed by atoms with Crippen molar-refractivity contribution in [1.82, 2.24) is 4.57 Å². The number of nitriles is 1. The predicted octanol–water partition coefficient (Wildman–Crippen LogP) is 0.812. The lowest BCUT2D eigenvalue weighted by molar-refractivity contribution is -0.379. The fourth-order valence-corrected chi connectivity index (χ4v) is 2.88. The average molecular weight is 372 g/mol. The van der Waals surface area contributed by atoms with Crippen molar-refractivity contribution < 1.29 is 24.1 Å². The van der Waals surface area contributed by atoms with E-state index in [1.54, 1.807) is 5.18 Å². The average Bonchev–Trinajstić information content (AvgIpc) is 2.60. The van der Waals surface area contributed by atoms with Crippen LogP contribution in [0.4, 0.5) is 5.69 Å². The highest BCUT2D eigenvalue weighted by molar-refractivity contribution is 7.46. The number of nitrogens with zero attached hydrogens (tertiary/aromatic N) is 2. The molecule has 0 aliphatic rings. The molecule has 0 spiro atoms. The zero-order chi connectivity index (χ0) is 18.9. The van der Waals surface area contributed by atoms with Crippen LogP contribution in [0.15, 0.2) is 53.3 Å². The minimum absolute atomic E-state index is 0.104. The van der Waals surface area contributed by atoms with Crippen molar-refractivity contribution in [2.24, 2.45) is 0 Å². The van der Waals surface area contributed by atoms with Gasteiger partial charge in [-0.2, -0.15) is 5.26 Å². The molecule has 26 heavy (non-hydrogen) atoms. The summed E-state index contributed by atoms with van der Waals surface area (Å²) in [4.78, 5) is 41.2. The molecule has 3 N–H and O–H groups in total.